The van der Waals surface area contributed by atoms with Crippen LogP contribution in [-0.2, 0) is 14.3 Å². The van der Waals surface area contributed by atoms with Gasteiger partial charge in [0.05, 0.1) is 31.1 Å². The molecule has 4 rings (SSSR count). The van der Waals surface area contributed by atoms with Gasteiger partial charge in [-0.2, -0.15) is 0 Å². The van der Waals surface area contributed by atoms with E-state index in [9.17, 15) is 18.8 Å². The number of nitrogens with zero attached hydrogens (tertiary/aromatic N) is 4. The zero-order valence-corrected chi connectivity index (χ0v) is 16.8. The number of urea groups is 1. The molecule has 31 heavy (non-hydrogen) atoms. The molecule has 1 aromatic carbocycles. The molecule has 162 valence electrons. The highest BCUT2D eigenvalue weighted by Crippen LogP contribution is 2.29. The number of carbonyl (C=O) groups is 3. The topological polar surface area (TPSA) is 105 Å². The van der Waals surface area contributed by atoms with E-state index in [0.717, 1.165) is 4.90 Å². The highest BCUT2D eigenvalue weighted by atomic mass is 19.1. The van der Waals surface area contributed by atoms with Crippen LogP contribution in [0.2, 0.25) is 0 Å². The predicted molar refractivity (Wildman–Crippen MR) is 107 cm³/mol. The summed E-state index contributed by atoms with van der Waals surface area (Å²) in [5.41, 5.74) is 1.65. The minimum atomic E-state index is -0.490. The summed E-state index contributed by atoms with van der Waals surface area (Å²) in [7, 11) is 0. The Morgan fingerprint density at radius 2 is 2.10 bits per heavy atom. The first-order valence-electron chi connectivity index (χ1n) is 10.1. The molecule has 0 bridgehead atoms. The van der Waals surface area contributed by atoms with Crippen molar-refractivity contribution in [2.75, 3.05) is 32.8 Å². The maximum atomic E-state index is 13.7. The van der Waals surface area contributed by atoms with Crippen LogP contribution in [0.1, 0.15) is 24.6 Å². The number of hydrogen-bond donors (Lipinski definition) is 1. The lowest BCUT2D eigenvalue weighted by molar-refractivity contribution is -0.139. The number of imide groups is 1. The van der Waals surface area contributed by atoms with Gasteiger partial charge >= 0.3 is 6.03 Å². The molecule has 2 aromatic rings. The van der Waals surface area contributed by atoms with Gasteiger partial charge in [-0.05, 0) is 18.6 Å². The van der Waals surface area contributed by atoms with Gasteiger partial charge in [0.1, 0.15) is 11.9 Å². The Morgan fingerprint density at radius 1 is 1.26 bits per heavy atom. The quantitative estimate of drug-likeness (QED) is 0.701. The van der Waals surface area contributed by atoms with Crippen LogP contribution < -0.4 is 5.32 Å². The molecule has 0 radical (unpaired) electrons. The van der Waals surface area contributed by atoms with Crippen molar-refractivity contribution >= 4 is 17.8 Å². The number of halogens is 1. The van der Waals surface area contributed by atoms with Crippen molar-refractivity contribution < 1.29 is 23.5 Å². The number of rotatable bonds is 6. The second-order valence-corrected chi connectivity index (χ2v) is 7.31. The van der Waals surface area contributed by atoms with Crippen LogP contribution in [0.4, 0.5) is 9.18 Å². The molecular formula is C21H22FN5O4. The van der Waals surface area contributed by atoms with E-state index in [2.05, 4.69) is 15.3 Å². The lowest BCUT2D eigenvalue weighted by atomic mass is 10.0. The van der Waals surface area contributed by atoms with E-state index in [0.29, 0.717) is 43.1 Å². The maximum absolute atomic E-state index is 13.7. The van der Waals surface area contributed by atoms with Crippen molar-refractivity contribution in [3.05, 3.63) is 48.2 Å². The summed E-state index contributed by atoms with van der Waals surface area (Å²) in [5.74, 6) is -0.742. The molecular weight excluding hydrogens is 405 g/mol. The minimum Gasteiger partial charge on any atom is -0.368 e. The van der Waals surface area contributed by atoms with Gasteiger partial charge in [-0.15, -0.1) is 0 Å². The normalized spacial score (nSPS) is 18.9. The molecule has 10 heteroatoms. The van der Waals surface area contributed by atoms with E-state index >= 15 is 0 Å². The second kappa shape index (κ2) is 9.17. The number of hydrogen-bond acceptors (Lipinski definition) is 6. The van der Waals surface area contributed by atoms with Crippen molar-refractivity contribution in [2.24, 2.45) is 0 Å². The molecule has 1 atom stereocenters. The molecule has 2 aliphatic heterocycles. The summed E-state index contributed by atoms with van der Waals surface area (Å²) in [6, 6.07) is 5.67. The highest BCUT2D eigenvalue weighted by Gasteiger charge is 2.30. The van der Waals surface area contributed by atoms with Crippen LogP contribution in [0.3, 0.4) is 0 Å². The Morgan fingerprint density at radius 3 is 2.87 bits per heavy atom. The van der Waals surface area contributed by atoms with Gasteiger partial charge in [0.2, 0.25) is 11.8 Å². The molecule has 1 aromatic heterocycles. The Bertz CT molecular complexity index is 985. The first kappa shape index (κ1) is 20.9. The number of amides is 4. The highest BCUT2D eigenvalue weighted by molar-refractivity contribution is 6.01. The smallest absolute Gasteiger partial charge is 0.324 e. The lowest BCUT2D eigenvalue weighted by Gasteiger charge is -2.33. The Kier molecular flexibility index (Phi) is 6.17. The van der Waals surface area contributed by atoms with Crippen molar-refractivity contribution in [1.29, 1.82) is 0 Å². The van der Waals surface area contributed by atoms with E-state index in [1.165, 1.54) is 18.3 Å². The summed E-state index contributed by atoms with van der Waals surface area (Å²) in [5, 5.41) is 2.46. The molecule has 0 aliphatic carbocycles. The summed E-state index contributed by atoms with van der Waals surface area (Å²) in [6.07, 6.45) is 3.18. The first-order chi connectivity index (χ1) is 15.0. The van der Waals surface area contributed by atoms with Crippen LogP contribution in [0.5, 0.6) is 0 Å². The maximum Gasteiger partial charge on any atom is 0.324 e. The van der Waals surface area contributed by atoms with E-state index in [1.54, 1.807) is 23.2 Å². The fourth-order valence-corrected chi connectivity index (χ4v) is 3.71. The van der Waals surface area contributed by atoms with Gasteiger partial charge in [-0.3, -0.25) is 24.5 Å². The molecule has 9 nitrogen and oxygen atoms in total. The fourth-order valence-electron chi connectivity index (χ4n) is 3.71. The van der Waals surface area contributed by atoms with E-state index in [-0.39, 0.29) is 37.1 Å². The van der Waals surface area contributed by atoms with Crippen LogP contribution in [0.15, 0.2) is 36.7 Å². The second-order valence-electron chi connectivity index (χ2n) is 7.31. The average molecular weight is 427 g/mol. The van der Waals surface area contributed by atoms with E-state index in [1.807, 2.05) is 0 Å². The molecule has 0 spiro atoms. The Hall–Kier alpha value is -3.40. The lowest BCUT2D eigenvalue weighted by Crippen LogP contribution is -2.43. The molecule has 3 heterocycles. The average Bonchev–Trinajstić information content (AvgIpc) is 3.11. The zero-order valence-electron chi connectivity index (χ0n) is 16.8. The Balaban J connectivity index is 1.40. The molecule has 2 saturated heterocycles. The van der Waals surface area contributed by atoms with Gasteiger partial charge in [0.25, 0.3) is 0 Å². The number of carbonyl (C=O) groups excluding carboxylic acids is 3. The van der Waals surface area contributed by atoms with Crippen LogP contribution >= 0.6 is 0 Å². The minimum absolute atomic E-state index is 0.00365. The third-order valence-corrected chi connectivity index (χ3v) is 5.26. The van der Waals surface area contributed by atoms with Crippen molar-refractivity contribution in [1.82, 2.24) is 25.1 Å². The summed E-state index contributed by atoms with van der Waals surface area (Å²) >= 11 is 0. The van der Waals surface area contributed by atoms with Crippen molar-refractivity contribution in [3.63, 3.8) is 0 Å². The van der Waals surface area contributed by atoms with Crippen molar-refractivity contribution in [2.45, 2.75) is 18.9 Å². The van der Waals surface area contributed by atoms with Crippen molar-refractivity contribution in [3.8, 4) is 11.3 Å². The third-order valence-electron chi connectivity index (χ3n) is 5.26. The number of ether oxygens (including phenoxy) is 1. The van der Waals surface area contributed by atoms with E-state index in [4.69, 9.17) is 4.74 Å². The van der Waals surface area contributed by atoms with Gasteiger partial charge in [0, 0.05) is 37.5 Å². The van der Waals surface area contributed by atoms with Gasteiger partial charge in [-0.1, -0.05) is 12.1 Å². The molecule has 0 saturated carbocycles. The first-order valence-corrected chi connectivity index (χ1v) is 10.1. The van der Waals surface area contributed by atoms with E-state index < -0.39 is 12.1 Å². The predicted octanol–water partition coefficient (Wildman–Crippen LogP) is 1.51. The number of benzene rings is 1. The zero-order chi connectivity index (χ0) is 21.8. The third kappa shape index (κ3) is 4.69. The summed E-state index contributed by atoms with van der Waals surface area (Å²) in [4.78, 5) is 47.5. The molecule has 4 amide bonds. The summed E-state index contributed by atoms with van der Waals surface area (Å²) in [6.45, 7) is 1.28. The number of nitrogens with one attached hydrogen (secondary N) is 1. The monoisotopic (exact) mass is 427 g/mol. The summed E-state index contributed by atoms with van der Waals surface area (Å²) < 4.78 is 19.5. The molecule has 2 aliphatic rings. The number of morpholine rings is 1. The molecule has 2 fully saturated rings. The van der Waals surface area contributed by atoms with Crippen LogP contribution in [0, 0.1) is 5.82 Å². The standard InChI is InChI=1S/C21H22FN5O4/c22-15-4-1-3-14(11-15)19-20(24-7-6-23-19)16-13-26(9-10-31-16)17(28)5-2-8-27-18(29)12-25-21(27)30/h1,3-4,6-7,11,16H,2,5,8-10,12-13H2,(H,25,30)/t16-/m1/s1. The largest absolute Gasteiger partial charge is 0.368 e. The molecule has 0 unspecified atom stereocenters. The van der Waals surface area contributed by atoms with Gasteiger partial charge in [0.15, 0.2) is 0 Å². The SMILES string of the molecule is O=C(CCCN1C(=O)CNC1=O)N1CCO[C@@H](c2nccnc2-c2cccc(F)c2)C1. The Labute approximate surface area is 178 Å². The van der Waals surface area contributed by atoms with Gasteiger partial charge < -0.3 is 15.0 Å². The number of aromatic nitrogens is 2. The fraction of sp³-hybridized carbons (Fsp3) is 0.381. The van der Waals surface area contributed by atoms with Gasteiger partial charge in [-0.25, -0.2) is 9.18 Å². The van der Waals surface area contributed by atoms with Crippen LogP contribution in [-0.4, -0.2) is 70.4 Å². The van der Waals surface area contributed by atoms with Crippen LogP contribution in [0.25, 0.3) is 11.3 Å². The molecule has 1 N–H and O–H groups in total.